The quantitative estimate of drug-likeness (QED) is 0.447. The molecule has 0 amide bonds. The van der Waals surface area contributed by atoms with Crippen LogP contribution < -0.4 is 5.32 Å². The lowest BCUT2D eigenvalue weighted by Crippen LogP contribution is -2.24. The van der Waals surface area contributed by atoms with E-state index in [1.54, 1.807) is 6.20 Å². The zero-order chi connectivity index (χ0) is 22.9. The number of aryl methyl sites for hydroxylation is 2. The molecule has 2 aromatic heterocycles. The molecular weight excluding hydrogens is 406 g/mol. The van der Waals surface area contributed by atoms with Gasteiger partial charge in [-0.25, -0.2) is 4.68 Å². The fourth-order valence-corrected chi connectivity index (χ4v) is 3.23. The summed E-state index contributed by atoms with van der Waals surface area (Å²) >= 11 is 1.95. The van der Waals surface area contributed by atoms with Gasteiger partial charge in [-0.1, -0.05) is 70.5 Å². The molecule has 31 heavy (non-hydrogen) atoms. The van der Waals surface area contributed by atoms with Crippen molar-refractivity contribution < 1.29 is 0 Å². The lowest BCUT2D eigenvalue weighted by atomic mass is 10.1. The second-order valence-electron chi connectivity index (χ2n) is 6.77. The molecule has 0 saturated carbocycles. The van der Waals surface area contributed by atoms with Crippen LogP contribution in [0.2, 0.25) is 0 Å². The van der Waals surface area contributed by atoms with Crippen molar-refractivity contribution in [2.45, 2.75) is 79.3 Å². The number of aromatic nitrogens is 6. The number of hydrogen-bond donors (Lipinski definition) is 2. The lowest BCUT2D eigenvalue weighted by Gasteiger charge is -2.13. The Labute approximate surface area is 191 Å². The molecule has 2 N–H and O–H groups in total. The Morgan fingerprint density at radius 3 is 2.32 bits per heavy atom. The van der Waals surface area contributed by atoms with E-state index in [1.165, 1.54) is 16.9 Å². The third-order valence-corrected chi connectivity index (χ3v) is 5.33. The molecule has 3 aromatic rings. The van der Waals surface area contributed by atoms with E-state index in [9.17, 15) is 0 Å². The maximum Gasteiger partial charge on any atom is 0.100 e. The maximum atomic E-state index is 4.20. The number of benzene rings is 1. The Morgan fingerprint density at radius 1 is 1.06 bits per heavy atom. The Kier molecular flexibility index (Phi) is 14.3. The molecule has 0 bridgehead atoms. The minimum absolute atomic E-state index is 0.147. The number of nitrogens with one attached hydrogen (secondary N) is 2. The van der Waals surface area contributed by atoms with E-state index in [0.717, 1.165) is 42.9 Å². The number of nitrogens with zero attached hydrogens (tertiary/aromatic N) is 5. The van der Waals surface area contributed by atoms with Crippen LogP contribution >= 0.6 is 11.8 Å². The van der Waals surface area contributed by atoms with Crippen LogP contribution in [-0.2, 0) is 25.1 Å². The lowest BCUT2D eigenvalue weighted by molar-refractivity contribution is 0.390. The van der Waals surface area contributed by atoms with Gasteiger partial charge in [0.05, 0.1) is 23.8 Å². The monoisotopic (exact) mass is 445 g/mol. The van der Waals surface area contributed by atoms with Crippen molar-refractivity contribution in [3.05, 3.63) is 59.2 Å². The zero-order valence-electron chi connectivity index (χ0n) is 19.9. The molecule has 0 aliphatic carbocycles. The molecule has 3 rings (SSSR count). The molecule has 8 heteroatoms. The third kappa shape index (κ3) is 10.6. The van der Waals surface area contributed by atoms with Crippen LogP contribution in [0.4, 0.5) is 0 Å². The van der Waals surface area contributed by atoms with Crippen molar-refractivity contribution in [1.29, 1.82) is 0 Å². The standard InChI is InChI=1S/C17H26N4S.C4H7N3.C2H6/c1-4-6-17-12-21(20-19-17)14(3)18-11-15-7-9-16(10-8-15)13-22-5-2;1-2-4-3-5-7-6-4;1-2/h7-10,12,14,18H,4-6,11,13H2,1-3H3;3H,2H2,1H3,(H,5,6,7);1-2H3. The summed E-state index contributed by atoms with van der Waals surface area (Å²) in [4.78, 5) is 0. The second kappa shape index (κ2) is 16.5. The molecule has 0 aliphatic rings. The Balaban J connectivity index is 0.000000447. The van der Waals surface area contributed by atoms with Gasteiger partial charge in [0.2, 0.25) is 0 Å². The summed E-state index contributed by atoms with van der Waals surface area (Å²) < 4.78 is 1.90. The molecule has 172 valence electrons. The predicted molar refractivity (Wildman–Crippen MR) is 131 cm³/mol. The van der Waals surface area contributed by atoms with Crippen LogP contribution in [0.3, 0.4) is 0 Å². The topological polar surface area (TPSA) is 84.3 Å². The van der Waals surface area contributed by atoms with Crippen molar-refractivity contribution in [2.75, 3.05) is 5.75 Å². The molecular formula is C23H39N7S. The summed E-state index contributed by atoms with van der Waals surface area (Å²) in [5.41, 5.74) is 4.77. The summed E-state index contributed by atoms with van der Waals surface area (Å²) in [5, 5.41) is 21.8. The van der Waals surface area contributed by atoms with E-state index >= 15 is 0 Å². The molecule has 2 heterocycles. The average Bonchev–Trinajstić information content (AvgIpc) is 3.51. The Morgan fingerprint density at radius 2 is 1.77 bits per heavy atom. The first kappa shape index (κ1) is 26.8. The SMILES string of the molecule is CC.CCCc1cn(C(C)NCc2ccc(CSCC)cc2)nn1.CCc1cn[nH]n1. The van der Waals surface area contributed by atoms with E-state index in [1.807, 2.05) is 43.4 Å². The zero-order valence-corrected chi connectivity index (χ0v) is 20.7. The highest BCUT2D eigenvalue weighted by molar-refractivity contribution is 7.98. The molecule has 1 unspecified atom stereocenters. The second-order valence-corrected chi connectivity index (χ2v) is 8.04. The molecule has 0 radical (unpaired) electrons. The van der Waals surface area contributed by atoms with Crippen molar-refractivity contribution in [3.8, 4) is 0 Å². The highest BCUT2D eigenvalue weighted by atomic mass is 32.2. The summed E-state index contributed by atoms with van der Waals surface area (Å²) in [7, 11) is 0. The third-order valence-electron chi connectivity index (χ3n) is 4.39. The van der Waals surface area contributed by atoms with Gasteiger partial charge in [-0.2, -0.15) is 27.2 Å². The number of aromatic amines is 1. The van der Waals surface area contributed by atoms with Gasteiger partial charge in [0, 0.05) is 12.3 Å². The van der Waals surface area contributed by atoms with E-state index in [2.05, 4.69) is 76.1 Å². The van der Waals surface area contributed by atoms with Gasteiger partial charge in [0.15, 0.2) is 0 Å². The fraction of sp³-hybridized carbons (Fsp3) is 0.565. The van der Waals surface area contributed by atoms with Crippen LogP contribution in [0, 0.1) is 0 Å². The highest BCUT2D eigenvalue weighted by Gasteiger charge is 2.07. The fourth-order valence-electron chi connectivity index (χ4n) is 2.60. The number of rotatable bonds is 10. The van der Waals surface area contributed by atoms with E-state index in [4.69, 9.17) is 0 Å². The van der Waals surface area contributed by atoms with E-state index in [-0.39, 0.29) is 6.17 Å². The van der Waals surface area contributed by atoms with E-state index in [0.29, 0.717) is 0 Å². The van der Waals surface area contributed by atoms with Gasteiger partial charge in [0.25, 0.3) is 0 Å². The van der Waals surface area contributed by atoms with Crippen LogP contribution in [0.5, 0.6) is 0 Å². The van der Waals surface area contributed by atoms with Crippen LogP contribution in [-0.4, -0.2) is 36.2 Å². The van der Waals surface area contributed by atoms with Gasteiger partial charge in [-0.05, 0) is 36.6 Å². The molecule has 0 aliphatic heterocycles. The highest BCUT2D eigenvalue weighted by Crippen LogP contribution is 2.13. The Bertz CT molecular complexity index is 785. The molecule has 1 atom stereocenters. The van der Waals surface area contributed by atoms with Crippen molar-refractivity contribution >= 4 is 11.8 Å². The molecule has 7 nitrogen and oxygen atoms in total. The van der Waals surface area contributed by atoms with Gasteiger partial charge in [-0.15, -0.1) is 5.10 Å². The minimum Gasteiger partial charge on any atom is -0.292 e. The maximum absolute atomic E-state index is 4.20. The largest absolute Gasteiger partial charge is 0.292 e. The van der Waals surface area contributed by atoms with Gasteiger partial charge in [0.1, 0.15) is 6.17 Å². The summed E-state index contributed by atoms with van der Waals surface area (Å²) in [5.74, 6) is 2.26. The number of H-pyrrole nitrogens is 1. The smallest absolute Gasteiger partial charge is 0.100 e. The number of hydrogen-bond acceptors (Lipinski definition) is 6. The van der Waals surface area contributed by atoms with Crippen LogP contribution in [0.15, 0.2) is 36.7 Å². The van der Waals surface area contributed by atoms with Gasteiger partial charge >= 0.3 is 0 Å². The molecule has 0 spiro atoms. The minimum atomic E-state index is 0.147. The van der Waals surface area contributed by atoms with E-state index < -0.39 is 0 Å². The van der Waals surface area contributed by atoms with Gasteiger partial charge in [-0.3, -0.25) is 5.32 Å². The summed E-state index contributed by atoms with van der Waals surface area (Å²) in [6.45, 7) is 13.3. The number of thioether (sulfide) groups is 1. The van der Waals surface area contributed by atoms with Gasteiger partial charge < -0.3 is 0 Å². The molecule has 0 fully saturated rings. The normalized spacial score (nSPS) is 11.2. The van der Waals surface area contributed by atoms with Crippen LogP contribution in [0.1, 0.15) is 76.6 Å². The summed E-state index contributed by atoms with van der Waals surface area (Å²) in [6, 6.07) is 8.85. The predicted octanol–water partition coefficient (Wildman–Crippen LogP) is 5.19. The Hall–Kier alpha value is -2.19. The molecule has 0 saturated heterocycles. The van der Waals surface area contributed by atoms with Crippen molar-refractivity contribution in [2.24, 2.45) is 0 Å². The van der Waals surface area contributed by atoms with Crippen molar-refractivity contribution in [3.63, 3.8) is 0 Å². The molecule has 1 aromatic carbocycles. The van der Waals surface area contributed by atoms with Crippen molar-refractivity contribution in [1.82, 2.24) is 35.7 Å². The summed E-state index contributed by atoms with van der Waals surface area (Å²) in [6.07, 6.45) is 6.95. The van der Waals surface area contributed by atoms with Crippen LogP contribution in [0.25, 0.3) is 0 Å². The first-order valence-corrected chi connectivity index (χ1v) is 12.5. The average molecular weight is 446 g/mol. The first-order chi connectivity index (χ1) is 15.2. The first-order valence-electron chi connectivity index (χ1n) is 11.3.